The third kappa shape index (κ3) is 4.32. The molecule has 1 atom stereocenters. The summed E-state index contributed by atoms with van der Waals surface area (Å²) in [6.07, 6.45) is 2.40. The molecule has 1 saturated heterocycles. The number of rotatable bonds is 5. The van der Waals surface area contributed by atoms with Crippen molar-refractivity contribution in [2.24, 2.45) is 5.73 Å². The van der Waals surface area contributed by atoms with Crippen molar-refractivity contribution < 1.29 is 14.0 Å². The molecular weight excluding hydrogens is 364 g/mol. The monoisotopic (exact) mass is 380 g/mol. The van der Waals surface area contributed by atoms with Crippen LogP contribution in [0, 0.1) is 0 Å². The van der Waals surface area contributed by atoms with Crippen LogP contribution in [0.25, 0.3) is 11.5 Å². The van der Waals surface area contributed by atoms with Crippen molar-refractivity contribution in [2.75, 3.05) is 12.3 Å². The summed E-state index contributed by atoms with van der Waals surface area (Å²) in [5.74, 6) is -0.133. The van der Waals surface area contributed by atoms with Crippen LogP contribution in [0.4, 0.5) is 0 Å². The van der Waals surface area contributed by atoms with E-state index in [1.807, 2.05) is 0 Å². The number of amides is 2. The quantitative estimate of drug-likeness (QED) is 0.799. The zero-order valence-corrected chi connectivity index (χ0v) is 14.9. The van der Waals surface area contributed by atoms with Gasteiger partial charge >= 0.3 is 0 Å². The van der Waals surface area contributed by atoms with Crippen molar-refractivity contribution >= 4 is 35.2 Å². The summed E-state index contributed by atoms with van der Waals surface area (Å²) in [4.78, 5) is 25.4. The molecule has 7 nitrogen and oxygen atoms in total. The summed E-state index contributed by atoms with van der Waals surface area (Å²) in [6.45, 7) is 0.548. The Balaban J connectivity index is 1.61. The zero-order valence-electron chi connectivity index (χ0n) is 13.4. The van der Waals surface area contributed by atoms with Gasteiger partial charge in [-0.3, -0.25) is 9.59 Å². The summed E-state index contributed by atoms with van der Waals surface area (Å²) in [5, 5.41) is 8.82. The fourth-order valence-electron chi connectivity index (χ4n) is 2.71. The van der Waals surface area contributed by atoms with E-state index in [2.05, 4.69) is 10.2 Å². The molecule has 0 bridgehead atoms. The highest BCUT2D eigenvalue weighted by Crippen LogP contribution is 2.25. The van der Waals surface area contributed by atoms with E-state index in [4.69, 9.17) is 21.8 Å². The van der Waals surface area contributed by atoms with Crippen LogP contribution in [0.2, 0.25) is 5.02 Å². The molecule has 2 aromatic rings. The topological polar surface area (TPSA) is 102 Å². The summed E-state index contributed by atoms with van der Waals surface area (Å²) in [6, 6.07) is 6.51. The van der Waals surface area contributed by atoms with E-state index in [1.54, 1.807) is 29.2 Å². The molecule has 2 N–H and O–H groups in total. The average Bonchev–Trinajstić information content (AvgIpc) is 3.09. The Hall–Kier alpha value is -2.06. The SMILES string of the molecule is NC(=O)[C@H]1CCCCN1C(=O)CSc1nnc(-c2ccc(Cl)cc2)o1. The lowest BCUT2D eigenvalue weighted by atomic mass is 10.0. The molecule has 1 aromatic heterocycles. The molecule has 0 unspecified atom stereocenters. The highest BCUT2D eigenvalue weighted by atomic mass is 35.5. The van der Waals surface area contributed by atoms with Crippen LogP contribution in [0.5, 0.6) is 0 Å². The smallest absolute Gasteiger partial charge is 0.277 e. The molecule has 2 heterocycles. The Morgan fingerprint density at radius 2 is 2.04 bits per heavy atom. The van der Waals surface area contributed by atoms with E-state index in [0.717, 1.165) is 30.2 Å². The van der Waals surface area contributed by atoms with Gasteiger partial charge in [-0.15, -0.1) is 10.2 Å². The first kappa shape index (κ1) is 17.8. The molecule has 3 rings (SSSR count). The Morgan fingerprint density at radius 1 is 1.28 bits per heavy atom. The Bertz CT molecular complexity index is 765. The van der Waals surface area contributed by atoms with Crippen LogP contribution in [0.15, 0.2) is 33.9 Å². The second kappa shape index (κ2) is 7.88. The Labute approximate surface area is 153 Å². The summed E-state index contributed by atoms with van der Waals surface area (Å²) < 4.78 is 5.56. The maximum absolute atomic E-state index is 12.4. The minimum absolute atomic E-state index is 0.117. The fraction of sp³-hybridized carbons (Fsp3) is 0.375. The first-order valence-electron chi connectivity index (χ1n) is 7.85. The van der Waals surface area contributed by atoms with Crippen molar-refractivity contribution in [3.8, 4) is 11.5 Å². The molecule has 9 heteroatoms. The number of hydrogen-bond acceptors (Lipinski definition) is 6. The predicted molar refractivity (Wildman–Crippen MR) is 94.0 cm³/mol. The first-order chi connectivity index (χ1) is 12.0. The second-order valence-electron chi connectivity index (χ2n) is 5.67. The number of nitrogens with two attached hydrogens (primary N) is 1. The van der Waals surface area contributed by atoms with Crippen molar-refractivity contribution in [3.05, 3.63) is 29.3 Å². The van der Waals surface area contributed by atoms with Crippen LogP contribution in [-0.2, 0) is 9.59 Å². The molecular formula is C16H17ClN4O3S. The molecule has 0 aliphatic carbocycles. The van der Waals surface area contributed by atoms with Crippen LogP contribution in [0.1, 0.15) is 19.3 Å². The molecule has 0 saturated carbocycles. The lowest BCUT2D eigenvalue weighted by Crippen LogP contribution is -2.51. The summed E-state index contributed by atoms with van der Waals surface area (Å²) in [7, 11) is 0. The van der Waals surface area contributed by atoms with E-state index in [-0.39, 0.29) is 11.7 Å². The van der Waals surface area contributed by atoms with E-state index in [0.29, 0.717) is 29.1 Å². The van der Waals surface area contributed by atoms with Crippen LogP contribution >= 0.6 is 23.4 Å². The van der Waals surface area contributed by atoms with E-state index < -0.39 is 11.9 Å². The first-order valence-corrected chi connectivity index (χ1v) is 9.22. The number of thioether (sulfide) groups is 1. The van der Waals surface area contributed by atoms with Crippen LogP contribution < -0.4 is 5.73 Å². The minimum Gasteiger partial charge on any atom is -0.411 e. The molecule has 1 aliphatic heterocycles. The standard InChI is InChI=1S/C16H17ClN4O3S/c17-11-6-4-10(5-7-11)15-19-20-16(24-15)25-9-13(22)21-8-2-1-3-12(21)14(18)23/h4-7,12H,1-3,8-9H2,(H2,18,23)/t12-/m1/s1. The molecule has 2 amide bonds. The van der Waals surface area contributed by atoms with Gasteiger partial charge in [0.2, 0.25) is 17.7 Å². The number of aromatic nitrogens is 2. The van der Waals surface area contributed by atoms with E-state index >= 15 is 0 Å². The number of carbonyl (C=O) groups is 2. The zero-order chi connectivity index (χ0) is 17.8. The number of carbonyl (C=O) groups excluding carboxylic acids is 2. The lowest BCUT2D eigenvalue weighted by Gasteiger charge is -2.33. The van der Waals surface area contributed by atoms with Crippen molar-refractivity contribution in [1.82, 2.24) is 15.1 Å². The van der Waals surface area contributed by atoms with Crippen molar-refractivity contribution in [3.63, 3.8) is 0 Å². The van der Waals surface area contributed by atoms with Gasteiger partial charge in [0, 0.05) is 17.1 Å². The second-order valence-corrected chi connectivity index (χ2v) is 7.03. The molecule has 132 valence electrons. The average molecular weight is 381 g/mol. The van der Waals surface area contributed by atoms with Gasteiger partial charge in [-0.2, -0.15) is 0 Å². The van der Waals surface area contributed by atoms with E-state index in [1.165, 1.54) is 0 Å². The summed E-state index contributed by atoms with van der Waals surface area (Å²) >= 11 is 7.00. The highest BCUT2D eigenvalue weighted by Gasteiger charge is 2.30. The van der Waals surface area contributed by atoms with Gasteiger partial charge in [0.1, 0.15) is 6.04 Å². The predicted octanol–water partition coefficient (Wildman–Crippen LogP) is 2.35. The third-order valence-electron chi connectivity index (χ3n) is 3.97. The molecule has 1 aliphatic rings. The van der Waals surface area contributed by atoms with E-state index in [9.17, 15) is 9.59 Å². The largest absolute Gasteiger partial charge is 0.411 e. The van der Waals surface area contributed by atoms with Gasteiger partial charge in [0.05, 0.1) is 5.75 Å². The van der Waals surface area contributed by atoms with Gasteiger partial charge in [-0.1, -0.05) is 23.4 Å². The van der Waals surface area contributed by atoms with Crippen molar-refractivity contribution in [1.29, 1.82) is 0 Å². The summed E-state index contributed by atoms with van der Waals surface area (Å²) in [5.41, 5.74) is 6.14. The number of nitrogens with zero attached hydrogens (tertiary/aromatic N) is 3. The van der Waals surface area contributed by atoms with Crippen LogP contribution in [-0.4, -0.2) is 45.3 Å². The lowest BCUT2D eigenvalue weighted by molar-refractivity contribution is -0.138. The Morgan fingerprint density at radius 3 is 2.76 bits per heavy atom. The maximum atomic E-state index is 12.4. The number of benzene rings is 1. The molecule has 1 fully saturated rings. The number of hydrogen-bond donors (Lipinski definition) is 1. The number of primary amides is 1. The normalized spacial score (nSPS) is 17.5. The Kier molecular flexibility index (Phi) is 5.60. The number of piperidine rings is 1. The third-order valence-corrected chi connectivity index (χ3v) is 5.02. The molecule has 0 radical (unpaired) electrons. The number of likely N-dealkylation sites (tertiary alicyclic amines) is 1. The van der Waals surface area contributed by atoms with Gasteiger partial charge in [-0.25, -0.2) is 0 Å². The van der Waals surface area contributed by atoms with Crippen LogP contribution in [0.3, 0.4) is 0 Å². The van der Waals surface area contributed by atoms with Gasteiger partial charge in [0.25, 0.3) is 5.22 Å². The highest BCUT2D eigenvalue weighted by molar-refractivity contribution is 7.99. The van der Waals surface area contributed by atoms with Gasteiger partial charge < -0.3 is 15.1 Å². The maximum Gasteiger partial charge on any atom is 0.277 e. The molecule has 1 aromatic carbocycles. The van der Waals surface area contributed by atoms with Gasteiger partial charge in [0.15, 0.2) is 0 Å². The van der Waals surface area contributed by atoms with Gasteiger partial charge in [-0.05, 0) is 43.5 Å². The fourth-order valence-corrected chi connectivity index (χ4v) is 3.48. The minimum atomic E-state index is -0.519. The number of halogens is 1. The molecule has 25 heavy (non-hydrogen) atoms. The van der Waals surface area contributed by atoms with Crippen molar-refractivity contribution in [2.45, 2.75) is 30.5 Å². The molecule has 0 spiro atoms.